The number of hydrogen-bond donors (Lipinski definition) is 2. The number of halogens is 1. The molecule has 1 heterocycles. The summed E-state index contributed by atoms with van der Waals surface area (Å²) in [4.78, 5) is 16.5. The van der Waals surface area contributed by atoms with Crippen LogP contribution in [0.5, 0.6) is 0 Å². The SMILES string of the molecule is CCc1cccc(C)c1Nc1ccc(NC(=O)c2ccccc2F)cn1. The van der Waals surface area contributed by atoms with Crippen LogP contribution in [0.1, 0.15) is 28.4 Å². The third kappa shape index (κ3) is 3.88. The minimum absolute atomic E-state index is 0.00204. The van der Waals surface area contributed by atoms with E-state index in [4.69, 9.17) is 0 Å². The maximum atomic E-state index is 13.7. The summed E-state index contributed by atoms with van der Waals surface area (Å²) in [6.07, 6.45) is 2.46. The predicted octanol–water partition coefficient (Wildman–Crippen LogP) is 5.09. The van der Waals surface area contributed by atoms with Gasteiger partial charge in [-0.3, -0.25) is 4.79 Å². The van der Waals surface area contributed by atoms with Gasteiger partial charge in [-0.15, -0.1) is 0 Å². The fourth-order valence-electron chi connectivity index (χ4n) is 2.72. The van der Waals surface area contributed by atoms with Crippen molar-refractivity contribution in [2.75, 3.05) is 10.6 Å². The topological polar surface area (TPSA) is 54.0 Å². The number of aromatic nitrogens is 1. The summed E-state index contributed by atoms with van der Waals surface area (Å²) in [6.45, 7) is 4.15. The van der Waals surface area contributed by atoms with Crippen LogP contribution in [0.3, 0.4) is 0 Å². The zero-order chi connectivity index (χ0) is 18.5. The lowest BCUT2D eigenvalue weighted by Crippen LogP contribution is -2.13. The monoisotopic (exact) mass is 349 g/mol. The van der Waals surface area contributed by atoms with Gasteiger partial charge in [0.2, 0.25) is 0 Å². The molecule has 0 fully saturated rings. The molecule has 0 spiro atoms. The average molecular weight is 349 g/mol. The van der Waals surface area contributed by atoms with Gasteiger partial charge in [0.1, 0.15) is 11.6 Å². The minimum atomic E-state index is -0.553. The summed E-state index contributed by atoms with van der Waals surface area (Å²) < 4.78 is 13.7. The molecular formula is C21H20FN3O. The summed E-state index contributed by atoms with van der Waals surface area (Å²) in [5.41, 5.74) is 3.91. The van der Waals surface area contributed by atoms with Gasteiger partial charge >= 0.3 is 0 Å². The van der Waals surface area contributed by atoms with E-state index < -0.39 is 11.7 Å². The first-order chi connectivity index (χ1) is 12.6. The highest BCUT2D eigenvalue weighted by Gasteiger charge is 2.11. The van der Waals surface area contributed by atoms with E-state index in [-0.39, 0.29) is 5.56 Å². The first kappa shape index (κ1) is 17.6. The number of aryl methyl sites for hydroxylation is 2. The number of anilines is 3. The Morgan fingerprint density at radius 2 is 1.88 bits per heavy atom. The van der Waals surface area contributed by atoms with Crippen molar-refractivity contribution in [3.8, 4) is 0 Å². The van der Waals surface area contributed by atoms with Crippen LogP contribution < -0.4 is 10.6 Å². The van der Waals surface area contributed by atoms with E-state index in [1.54, 1.807) is 30.5 Å². The molecule has 2 aromatic carbocycles. The number of amides is 1. The van der Waals surface area contributed by atoms with Gasteiger partial charge in [-0.05, 0) is 48.7 Å². The van der Waals surface area contributed by atoms with Crippen LogP contribution in [0.4, 0.5) is 21.6 Å². The number of pyridine rings is 1. The fraction of sp³-hybridized carbons (Fsp3) is 0.143. The second kappa shape index (κ2) is 7.78. The average Bonchev–Trinajstić information content (AvgIpc) is 2.65. The largest absolute Gasteiger partial charge is 0.340 e. The minimum Gasteiger partial charge on any atom is -0.340 e. The van der Waals surface area contributed by atoms with Crippen LogP contribution in [0.25, 0.3) is 0 Å². The number of carbonyl (C=O) groups is 1. The van der Waals surface area contributed by atoms with E-state index in [1.165, 1.54) is 17.7 Å². The Kier molecular flexibility index (Phi) is 5.27. The van der Waals surface area contributed by atoms with Gasteiger partial charge < -0.3 is 10.6 Å². The fourth-order valence-corrected chi connectivity index (χ4v) is 2.72. The van der Waals surface area contributed by atoms with Crippen molar-refractivity contribution in [3.05, 3.63) is 83.3 Å². The lowest BCUT2D eigenvalue weighted by Gasteiger charge is -2.14. The Labute approximate surface area is 152 Å². The van der Waals surface area contributed by atoms with Crippen molar-refractivity contribution >= 4 is 23.1 Å². The van der Waals surface area contributed by atoms with Gasteiger partial charge in [-0.1, -0.05) is 37.3 Å². The van der Waals surface area contributed by atoms with Crippen molar-refractivity contribution in [1.29, 1.82) is 0 Å². The number of carbonyl (C=O) groups excluding carboxylic acids is 1. The molecule has 132 valence electrons. The van der Waals surface area contributed by atoms with Gasteiger partial charge in [-0.2, -0.15) is 0 Å². The molecule has 0 bridgehead atoms. The standard InChI is InChI=1S/C21H20FN3O/c1-3-15-8-6-7-14(2)20(15)25-19-12-11-16(13-23-19)24-21(26)17-9-4-5-10-18(17)22/h4-13H,3H2,1-2H3,(H,23,25)(H,24,26). The van der Waals surface area contributed by atoms with Crippen molar-refractivity contribution in [2.45, 2.75) is 20.3 Å². The van der Waals surface area contributed by atoms with Gasteiger partial charge in [0, 0.05) is 5.69 Å². The number of para-hydroxylation sites is 1. The third-order valence-corrected chi connectivity index (χ3v) is 4.13. The highest BCUT2D eigenvalue weighted by atomic mass is 19.1. The molecule has 4 nitrogen and oxygen atoms in total. The van der Waals surface area contributed by atoms with Crippen molar-refractivity contribution in [1.82, 2.24) is 4.98 Å². The first-order valence-corrected chi connectivity index (χ1v) is 8.46. The van der Waals surface area contributed by atoms with Crippen LogP contribution >= 0.6 is 0 Å². The lowest BCUT2D eigenvalue weighted by molar-refractivity contribution is 0.102. The van der Waals surface area contributed by atoms with Gasteiger partial charge in [0.15, 0.2) is 0 Å². The summed E-state index contributed by atoms with van der Waals surface area (Å²) in [5.74, 6) is -0.376. The van der Waals surface area contributed by atoms with Crippen LogP contribution in [0.2, 0.25) is 0 Å². The predicted molar refractivity (Wildman–Crippen MR) is 102 cm³/mol. The molecule has 0 saturated carbocycles. The number of hydrogen-bond acceptors (Lipinski definition) is 3. The van der Waals surface area contributed by atoms with E-state index in [9.17, 15) is 9.18 Å². The number of nitrogens with zero attached hydrogens (tertiary/aromatic N) is 1. The molecule has 3 aromatic rings. The summed E-state index contributed by atoms with van der Waals surface area (Å²) in [5, 5.41) is 5.98. The number of benzene rings is 2. The molecule has 0 radical (unpaired) electrons. The summed E-state index contributed by atoms with van der Waals surface area (Å²) in [6, 6.07) is 15.5. The van der Waals surface area contributed by atoms with Crippen molar-refractivity contribution in [3.63, 3.8) is 0 Å². The molecular weight excluding hydrogens is 329 g/mol. The molecule has 0 aliphatic heterocycles. The Bertz CT molecular complexity index is 923. The molecule has 0 saturated heterocycles. The Morgan fingerprint density at radius 1 is 1.08 bits per heavy atom. The summed E-state index contributed by atoms with van der Waals surface area (Å²) >= 11 is 0. The maximum absolute atomic E-state index is 13.7. The molecule has 1 aromatic heterocycles. The van der Waals surface area contributed by atoms with E-state index in [1.807, 2.05) is 19.1 Å². The zero-order valence-electron chi connectivity index (χ0n) is 14.7. The van der Waals surface area contributed by atoms with Gasteiger partial charge in [-0.25, -0.2) is 9.37 Å². The van der Waals surface area contributed by atoms with E-state index in [0.29, 0.717) is 11.5 Å². The second-order valence-corrected chi connectivity index (χ2v) is 5.95. The number of rotatable bonds is 5. The second-order valence-electron chi connectivity index (χ2n) is 5.95. The van der Waals surface area contributed by atoms with Crippen molar-refractivity contribution in [2.24, 2.45) is 0 Å². The highest BCUT2D eigenvalue weighted by Crippen LogP contribution is 2.25. The maximum Gasteiger partial charge on any atom is 0.258 e. The first-order valence-electron chi connectivity index (χ1n) is 8.46. The van der Waals surface area contributed by atoms with Gasteiger partial charge in [0.25, 0.3) is 5.91 Å². The van der Waals surface area contributed by atoms with Crippen LogP contribution in [-0.4, -0.2) is 10.9 Å². The number of nitrogens with one attached hydrogen (secondary N) is 2. The van der Waals surface area contributed by atoms with Gasteiger partial charge in [0.05, 0.1) is 17.4 Å². The van der Waals surface area contributed by atoms with Crippen LogP contribution in [-0.2, 0) is 6.42 Å². The van der Waals surface area contributed by atoms with E-state index >= 15 is 0 Å². The highest BCUT2D eigenvalue weighted by molar-refractivity contribution is 6.04. The Morgan fingerprint density at radius 3 is 2.58 bits per heavy atom. The normalized spacial score (nSPS) is 10.4. The summed E-state index contributed by atoms with van der Waals surface area (Å²) in [7, 11) is 0. The molecule has 0 unspecified atom stereocenters. The molecule has 1 amide bonds. The van der Waals surface area contributed by atoms with E-state index in [0.717, 1.165) is 17.7 Å². The quantitative estimate of drug-likeness (QED) is 0.675. The van der Waals surface area contributed by atoms with Crippen molar-refractivity contribution < 1.29 is 9.18 Å². The zero-order valence-corrected chi connectivity index (χ0v) is 14.7. The van der Waals surface area contributed by atoms with Crippen LogP contribution in [0.15, 0.2) is 60.8 Å². The lowest BCUT2D eigenvalue weighted by atomic mass is 10.1. The molecule has 0 atom stereocenters. The van der Waals surface area contributed by atoms with Crippen LogP contribution in [0, 0.1) is 12.7 Å². The molecule has 2 N–H and O–H groups in total. The molecule has 5 heteroatoms. The molecule has 0 aliphatic carbocycles. The van der Waals surface area contributed by atoms with E-state index in [2.05, 4.69) is 28.6 Å². The Hall–Kier alpha value is -3.21. The molecule has 0 aliphatic rings. The molecule has 26 heavy (non-hydrogen) atoms. The Balaban J connectivity index is 1.73. The third-order valence-electron chi connectivity index (χ3n) is 4.13. The molecule has 3 rings (SSSR count). The smallest absolute Gasteiger partial charge is 0.258 e.